The van der Waals surface area contributed by atoms with Crippen molar-refractivity contribution >= 4 is 5.91 Å². The van der Waals surface area contributed by atoms with Crippen molar-refractivity contribution in [3.63, 3.8) is 0 Å². The highest BCUT2D eigenvalue weighted by Gasteiger charge is 2.17. The monoisotopic (exact) mass is 425 g/mol. The first-order valence-electron chi connectivity index (χ1n) is 12.9. The van der Waals surface area contributed by atoms with Crippen LogP contribution in [0.3, 0.4) is 0 Å². The largest absolute Gasteiger partial charge is 0.394 e. The van der Waals surface area contributed by atoms with Gasteiger partial charge in [0.15, 0.2) is 0 Å². The zero-order valence-electron chi connectivity index (χ0n) is 20.0. The number of carbonyl (C=O) groups is 1. The van der Waals surface area contributed by atoms with Crippen molar-refractivity contribution in [2.45, 2.75) is 142 Å². The second-order valence-electron chi connectivity index (χ2n) is 8.76. The molecule has 0 saturated carbocycles. The molecule has 178 valence electrons. The van der Waals surface area contributed by atoms with Crippen molar-refractivity contribution in [2.75, 3.05) is 6.61 Å². The first-order valence-corrected chi connectivity index (χ1v) is 12.9. The predicted molar refractivity (Wildman–Crippen MR) is 129 cm³/mol. The Bertz CT molecular complexity index is 398. The Morgan fingerprint density at radius 2 is 1.23 bits per heavy atom. The molecule has 0 aromatic rings. The smallest absolute Gasteiger partial charge is 0.220 e. The van der Waals surface area contributed by atoms with E-state index < -0.39 is 12.1 Å². The molecular weight excluding hydrogens is 374 g/mol. The predicted octanol–water partition coefficient (Wildman–Crippen LogP) is 6.44. The Balaban J connectivity index is 3.75. The number of unbranched alkanes of at least 4 members (excludes halogenated alkanes) is 15. The maximum absolute atomic E-state index is 12.1. The summed E-state index contributed by atoms with van der Waals surface area (Å²) in [5.41, 5.74) is 0. The molecule has 0 aliphatic heterocycles. The molecule has 0 saturated heterocycles. The summed E-state index contributed by atoms with van der Waals surface area (Å²) in [4.78, 5) is 12.1. The Labute approximate surface area is 186 Å². The van der Waals surface area contributed by atoms with Crippen LogP contribution in [-0.2, 0) is 4.79 Å². The Morgan fingerprint density at radius 3 is 1.73 bits per heavy atom. The molecule has 0 rings (SSSR count). The summed E-state index contributed by atoms with van der Waals surface area (Å²) in [6.45, 7) is 4.22. The van der Waals surface area contributed by atoms with Gasteiger partial charge in [-0.05, 0) is 19.3 Å². The van der Waals surface area contributed by atoms with Crippen molar-refractivity contribution in [3.8, 4) is 0 Å². The van der Waals surface area contributed by atoms with Gasteiger partial charge in [0.25, 0.3) is 0 Å². The molecule has 0 spiro atoms. The van der Waals surface area contributed by atoms with Gasteiger partial charge in [0.05, 0.1) is 18.8 Å². The average molecular weight is 426 g/mol. The summed E-state index contributed by atoms with van der Waals surface area (Å²) in [6, 6.07) is -0.610. The lowest BCUT2D eigenvalue weighted by Gasteiger charge is -2.20. The fourth-order valence-corrected chi connectivity index (χ4v) is 3.70. The number of allylic oxidation sites excluding steroid dienone is 1. The van der Waals surface area contributed by atoms with Crippen LogP contribution in [0.15, 0.2) is 12.2 Å². The zero-order chi connectivity index (χ0) is 22.3. The number of nitrogens with one attached hydrogen (secondary N) is 1. The number of hydrogen-bond donors (Lipinski definition) is 3. The summed E-state index contributed by atoms with van der Waals surface area (Å²) in [7, 11) is 0. The van der Waals surface area contributed by atoms with Gasteiger partial charge in [-0.3, -0.25) is 4.79 Å². The first-order chi connectivity index (χ1) is 14.7. The van der Waals surface area contributed by atoms with Crippen molar-refractivity contribution < 1.29 is 15.0 Å². The quantitative estimate of drug-likeness (QED) is 0.138. The van der Waals surface area contributed by atoms with E-state index >= 15 is 0 Å². The molecule has 0 aliphatic carbocycles. The standard InChI is InChI=1S/C26H51NO3/c1-3-5-7-9-11-12-13-14-16-17-19-21-25(29)24(23-28)27-26(30)22-20-18-15-10-8-6-4-2/h19,21,24-25,28-29H,3-18,20,22-23H2,1-2H3,(H,27,30)/b21-19+/t24-,25+/m0/s1. The maximum atomic E-state index is 12.1. The number of hydrogen-bond acceptors (Lipinski definition) is 3. The molecule has 30 heavy (non-hydrogen) atoms. The number of aliphatic hydroxyl groups is 2. The van der Waals surface area contributed by atoms with Gasteiger partial charge in [-0.25, -0.2) is 0 Å². The van der Waals surface area contributed by atoms with Crippen LogP contribution in [0.5, 0.6) is 0 Å². The third-order valence-corrected chi connectivity index (χ3v) is 5.77. The summed E-state index contributed by atoms with van der Waals surface area (Å²) in [5, 5.41) is 22.5. The molecule has 0 aromatic heterocycles. The topological polar surface area (TPSA) is 69.6 Å². The molecule has 0 aromatic carbocycles. The van der Waals surface area contributed by atoms with Crippen molar-refractivity contribution in [3.05, 3.63) is 12.2 Å². The van der Waals surface area contributed by atoms with Crippen LogP contribution in [0.25, 0.3) is 0 Å². The van der Waals surface area contributed by atoms with Gasteiger partial charge in [-0.2, -0.15) is 0 Å². The van der Waals surface area contributed by atoms with E-state index in [-0.39, 0.29) is 12.5 Å². The van der Waals surface area contributed by atoms with E-state index in [1.54, 1.807) is 6.08 Å². The van der Waals surface area contributed by atoms with E-state index in [4.69, 9.17) is 0 Å². The molecule has 4 nitrogen and oxygen atoms in total. The molecule has 0 aliphatic rings. The van der Waals surface area contributed by atoms with Crippen LogP contribution in [-0.4, -0.2) is 34.9 Å². The van der Waals surface area contributed by atoms with Gasteiger partial charge in [-0.15, -0.1) is 0 Å². The molecule has 0 radical (unpaired) electrons. The summed E-state index contributed by atoms with van der Waals surface area (Å²) >= 11 is 0. The molecule has 2 atom stereocenters. The summed E-state index contributed by atoms with van der Waals surface area (Å²) in [5.74, 6) is -0.0750. The van der Waals surface area contributed by atoms with Gasteiger partial charge < -0.3 is 15.5 Å². The molecule has 1 amide bonds. The van der Waals surface area contributed by atoms with Gasteiger partial charge in [0.2, 0.25) is 5.91 Å². The van der Waals surface area contributed by atoms with Crippen molar-refractivity contribution in [1.82, 2.24) is 5.32 Å². The van der Waals surface area contributed by atoms with Crippen LogP contribution in [0.4, 0.5) is 0 Å². The molecule has 0 unspecified atom stereocenters. The van der Waals surface area contributed by atoms with Crippen LogP contribution in [0.1, 0.15) is 129 Å². The number of aliphatic hydroxyl groups excluding tert-OH is 2. The van der Waals surface area contributed by atoms with Gasteiger partial charge >= 0.3 is 0 Å². The average Bonchev–Trinajstić information content (AvgIpc) is 2.75. The summed E-state index contributed by atoms with van der Waals surface area (Å²) in [6.07, 6.45) is 24.2. The van der Waals surface area contributed by atoms with Gasteiger partial charge in [0, 0.05) is 6.42 Å². The minimum Gasteiger partial charge on any atom is -0.394 e. The van der Waals surface area contributed by atoms with E-state index in [9.17, 15) is 15.0 Å². The van der Waals surface area contributed by atoms with Crippen molar-refractivity contribution in [2.24, 2.45) is 0 Å². The molecule has 0 heterocycles. The zero-order valence-corrected chi connectivity index (χ0v) is 20.0. The lowest BCUT2D eigenvalue weighted by Crippen LogP contribution is -2.45. The van der Waals surface area contributed by atoms with Gasteiger partial charge in [-0.1, -0.05) is 116 Å². The fourth-order valence-electron chi connectivity index (χ4n) is 3.70. The lowest BCUT2D eigenvalue weighted by molar-refractivity contribution is -0.123. The number of amides is 1. The fraction of sp³-hybridized carbons (Fsp3) is 0.885. The minimum absolute atomic E-state index is 0.0750. The molecule has 0 bridgehead atoms. The third kappa shape index (κ3) is 19.1. The maximum Gasteiger partial charge on any atom is 0.220 e. The van der Waals surface area contributed by atoms with Crippen LogP contribution in [0, 0.1) is 0 Å². The second kappa shape index (κ2) is 22.8. The Kier molecular flexibility index (Phi) is 22.1. The highest BCUT2D eigenvalue weighted by Crippen LogP contribution is 2.11. The van der Waals surface area contributed by atoms with E-state index in [1.165, 1.54) is 83.5 Å². The highest BCUT2D eigenvalue weighted by atomic mass is 16.3. The van der Waals surface area contributed by atoms with E-state index in [2.05, 4.69) is 19.2 Å². The molecule has 3 N–H and O–H groups in total. The van der Waals surface area contributed by atoms with Crippen LogP contribution < -0.4 is 5.32 Å². The summed E-state index contributed by atoms with van der Waals surface area (Å²) < 4.78 is 0. The van der Waals surface area contributed by atoms with Crippen LogP contribution in [0.2, 0.25) is 0 Å². The number of rotatable bonds is 22. The Morgan fingerprint density at radius 1 is 0.767 bits per heavy atom. The second-order valence-corrected chi connectivity index (χ2v) is 8.76. The molecule has 0 fully saturated rings. The van der Waals surface area contributed by atoms with Crippen molar-refractivity contribution in [1.29, 1.82) is 0 Å². The SMILES string of the molecule is CCCCCCCCCCC/C=C/[C@@H](O)[C@H](CO)NC(=O)CCCCCCCCC. The van der Waals surface area contributed by atoms with Gasteiger partial charge in [0.1, 0.15) is 0 Å². The number of carbonyl (C=O) groups excluding carboxylic acids is 1. The molecule has 4 heteroatoms. The first kappa shape index (κ1) is 29.1. The molecular formula is C26H51NO3. The van der Waals surface area contributed by atoms with E-state index in [0.717, 1.165) is 25.7 Å². The normalized spacial score (nSPS) is 13.6. The Hall–Kier alpha value is -0.870. The van der Waals surface area contributed by atoms with E-state index in [1.807, 2.05) is 6.08 Å². The van der Waals surface area contributed by atoms with E-state index in [0.29, 0.717) is 6.42 Å². The lowest BCUT2D eigenvalue weighted by atomic mass is 10.1. The highest BCUT2D eigenvalue weighted by molar-refractivity contribution is 5.76. The van der Waals surface area contributed by atoms with Crippen LogP contribution >= 0.6 is 0 Å². The minimum atomic E-state index is -0.827. The third-order valence-electron chi connectivity index (χ3n) is 5.77.